The number of nitrogens with one attached hydrogen (secondary N) is 2. The molecule has 2 N–H and O–H groups in total. The first-order valence-electron chi connectivity index (χ1n) is 9.76. The summed E-state index contributed by atoms with van der Waals surface area (Å²) in [7, 11) is 1.40. The average Bonchev–Trinajstić information content (AvgIpc) is 3.20. The average molecular weight is 442 g/mol. The van der Waals surface area contributed by atoms with Crippen LogP contribution in [0.3, 0.4) is 0 Å². The van der Waals surface area contributed by atoms with E-state index in [9.17, 15) is 14.0 Å². The molecule has 31 heavy (non-hydrogen) atoms. The van der Waals surface area contributed by atoms with Crippen molar-refractivity contribution in [1.29, 1.82) is 0 Å². The second-order valence-electron chi connectivity index (χ2n) is 7.44. The van der Waals surface area contributed by atoms with Gasteiger partial charge < -0.3 is 15.4 Å². The minimum Gasteiger partial charge on any atom is -0.494 e. The number of carbonyl (C=O) groups is 2. The predicted octanol–water partition coefficient (Wildman–Crippen LogP) is 4.66. The van der Waals surface area contributed by atoms with Gasteiger partial charge in [0, 0.05) is 16.5 Å². The molecule has 0 spiro atoms. The van der Waals surface area contributed by atoms with E-state index in [0.717, 1.165) is 5.56 Å². The van der Waals surface area contributed by atoms with Gasteiger partial charge in [-0.3, -0.25) is 9.59 Å². The minimum absolute atomic E-state index is 0.135. The maximum Gasteiger partial charge on any atom is 0.251 e. The van der Waals surface area contributed by atoms with Gasteiger partial charge in [0.15, 0.2) is 16.7 Å². The van der Waals surface area contributed by atoms with Gasteiger partial charge in [0.1, 0.15) is 6.04 Å². The Kier molecular flexibility index (Phi) is 7.02. The van der Waals surface area contributed by atoms with E-state index in [2.05, 4.69) is 15.6 Å². The van der Waals surface area contributed by atoms with Crippen molar-refractivity contribution < 1.29 is 18.7 Å². The Labute approximate surface area is 184 Å². The lowest BCUT2D eigenvalue weighted by Crippen LogP contribution is -2.47. The number of thiazole rings is 1. The van der Waals surface area contributed by atoms with Crippen molar-refractivity contribution in [2.24, 2.45) is 5.92 Å². The Morgan fingerprint density at radius 3 is 2.45 bits per heavy atom. The van der Waals surface area contributed by atoms with Gasteiger partial charge >= 0.3 is 0 Å². The largest absolute Gasteiger partial charge is 0.494 e. The number of ether oxygens (including phenoxy) is 1. The van der Waals surface area contributed by atoms with Crippen molar-refractivity contribution in [2.75, 3.05) is 12.4 Å². The zero-order chi connectivity index (χ0) is 22.5. The predicted molar refractivity (Wildman–Crippen MR) is 120 cm³/mol. The molecule has 0 fully saturated rings. The zero-order valence-electron chi connectivity index (χ0n) is 17.7. The molecule has 8 heteroatoms. The van der Waals surface area contributed by atoms with Crippen molar-refractivity contribution in [2.45, 2.75) is 26.8 Å². The van der Waals surface area contributed by atoms with Crippen LogP contribution in [-0.2, 0) is 4.79 Å². The summed E-state index contributed by atoms with van der Waals surface area (Å²) in [6.45, 7) is 5.65. The monoisotopic (exact) mass is 441 g/mol. The van der Waals surface area contributed by atoms with Gasteiger partial charge in [-0.25, -0.2) is 9.37 Å². The first-order chi connectivity index (χ1) is 14.8. The molecule has 0 aliphatic carbocycles. The molecular weight excluding hydrogens is 417 g/mol. The number of halogens is 1. The molecule has 0 saturated heterocycles. The molecule has 2 aromatic carbocycles. The number of aryl methyl sites for hydroxylation is 1. The molecule has 1 aromatic heterocycles. The Balaban J connectivity index is 1.70. The number of rotatable bonds is 7. The summed E-state index contributed by atoms with van der Waals surface area (Å²) in [6.07, 6.45) is 0. The topological polar surface area (TPSA) is 80.3 Å². The Morgan fingerprint density at radius 2 is 1.84 bits per heavy atom. The van der Waals surface area contributed by atoms with Crippen molar-refractivity contribution in [3.05, 3.63) is 64.8 Å². The number of hydrogen-bond donors (Lipinski definition) is 2. The lowest BCUT2D eigenvalue weighted by Gasteiger charge is -2.21. The maximum atomic E-state index is 14.0. The molecule has 1 heterocycles. The molecule has 1 atom stereocenters. The molecule has 0 saturated carbocycles. The lowest BCUT2D eigenvalue weighted by molar-refractivity contribution is -0.118. The summed E-state index contributed by atoms with van der Waals surface area (Å²) in [5, 5.41) is 7.64. The molecule has 6 nitrogen and oxygen atoms in total. The van der Waals surface area contributed by atoms with Gasteiger partial charge in [-0.05, 0) is 43.2 Å². The molecule has 0 radical (unpaired) electrons. The molecule has 2 amide bonds. The van der Waals surface area contributed by atoms with Crippen LogP contribution in [0.15, 0.2) is 47.8 Å². The van der Waals surface area contributed by atoms with Crippen LogP contribution in [0.25, 0.3) is 11.3 Å². The van der Waals surface area contributed by atoms with E-state index in [4.69, 9.17) is 4.74 Å². The summed E-state index contributed by atoms with van der Waals surface area (Å²) in [6, 6.07) is 11.0. The normalized spacial score (nSPS) is 11.8. The van der Waals surface area contributed by atoms with Crippen LogP contribution in [0, 0.1) is 18.7 Å². The summed E-state index contributed by atoms with van der Waals surface area (Å²) >= 11 is 1.23. The third kappa shape index (κ3) is 5.46. The van der Waals surface area contributed by atoms with Crippen LogP contribution < -0.4 is 15.4 Å². The van der Waals surface area contributed by atoms with E-state index in [-0.39, 0.29) is 23.5 Å². The number of hydrogen-bond acceptors (Lipinski definition) is 5. The smallest absolute Gasteiger partial charge is 0.251 e. The second kappa shape index (κ2) is 9.70. The Bertz CT molecular complexity index is 1080. The number of benzene rings is 2. The van der Waals surface area contributed by atoms with E-state index in [1.165, 1.54) is 30.6 Å². The fraction of sp³-hybridized carbons (Fsp3) is 0.261. The molecule has 3 rings (SSSR count). The Morgan fingerprint density at radius 1 is 1.13 bits per heavy atom. The molecule has 0 aliphatic rings. The SMILES string of the molecule is COc1ccc(-c2csc(NC(=O)[C@@H](NC(=O)c3ccc(C)cc3)C(C)C)n2)cc1F. The third-order valence-electron chi connectivity index (χ3n) is 4.73. The van der Waals surface area contributed by atoms with Gasteiger partial charge in [-0.15, -0.1) is 11.3 Å². The van der Waals surface area contributed by atoms with Crippen LogP contribution in [0.1, 0.15) is 29.8 Å². The number of anilines is 1. The maximum absolute atomic E-state index is 14.0. The molecular formula is C23H24FN3O3S. The molecule has 0 unspecified atom stereocenters. The van der Waals surface area contributed by atoms with E-state index in [1.54, 1.807) is 23.6 Å². The van der Waals surface area contributed by atoms with E-state index in [1.807, 2.05) is 32.9 Å². The van der Waals surface area contributed by atoms with Gasteiger partial charge in [0.05, 0.1) is 12.8 Å². The van der Waals surface area contributed by atoms with Crippen molar-refractivity contribution >= 4 is 28.3 Å². The van der Waals surface area contributed by atoms with Gasteiger partial charge in [-0.1, -0.05) is 31.5 Å². The molecule has 162 valence electrons. The molecule has 0 aliphatic heterocycles. The van der Waals surface area contributed by atoms with Crippen molar-refractivity contribution in [3.8, 4) is 17.0 Å². The van der Waals surface area contributed by atoms with E-state index < -0.39 is 11.9 Å². The Hall–Kier alpha value is -3.26. The highest BCUT2D eigenvalue weighted by atomic mass is 32.1. The summed E-state index contributed by atoms with van der Waals surface area (Å²) in [5.41, 5.74) is 2.64. The first-order valence-corrected chi connectivity index (χ1v) is 10.6. The van der Waals surface area contributed by atoms with Crippen LogP contribution in [0.4, 0.5) is 9.52 Å². The minimum atomic E-state index is -0.736. The zero-order valence-corrected chi connectivity index (χ0v) is 18.5. The quantitative estimate of drug-likeness (QED) is 0.559. The van der Waals surface area contributed by atoms with Gasteiger partial charge in [-0.2, -0.15) is 0 Å². The molecule has 0 bridgehead atoms. The summed E-state index contributed by atoms with van der Waals surface area (Å²) in [5.74, 6) is -1.15. The van der Waals surface area contributed by atoms with Gasteiger partial charge in [0.25, 0.3) is 5.91 Å². The highest BCUT2D eigenvalue weighted by molar-refractivity contribution is 7.14. The lowest BCUT2D eigenvalue weighted by atomic mass is 10.0. The second-order valence-corrected chi connectivity index (χ2v) is 8.30. The van der Waals surface area contributed by atoms with Crippen LogP contribution in [0.2, 0.25) is 0 Å². The summed E-state index contributed by atoms with van der Waals surface area (Å²) in [4.78, 5) is 29.7. The van der Waals surface area contributed by atoms with Gasteiger partial charge in [0.2, 0.25) is 5.91 Å². The fourth-order valence-electron chi connectivity index (χ4n) is 2.94. The van der Waals surface area contributed by atoms with E-state index >= 15 is 0 Å². The summed E-state index contributed by atoms with van der Waals surface area (Å²) < 4.78 is 18.9. The highest BCUT2D eigenvalue weighted by Gasteiger charge is 2.25. The van der Waals surface area contributed by atoms with Crippen molar-refractivity contribution in [3.63, 3.8) is 0 Å². The number of carbonyl (C=O) groups excluding carboxylic acids is 2. The number of amides is 2. The standard InChI is InChI=1S/C23H24FN3O3S/c1-13(2)20(26-21(28)15-7-5-14(3)6-8-15)22(29)27-23-25-18(12-31-23)16-9-10-19(30-4)17(24)11-16/h5-13,20H,1-4H3,(H,26,28)(H,25,27,29)/t20-/m0/s1. The number of methoxy groups -OCH3 is 1. The highest BCUT2D eigenvalue weighted by Crippen LogP contribution is 2.28. The van der Waals surface area contributed by atoms with Crippen LogP contribution >= 0.6 is 11.3 Å². The van der Waals surface area contributed by atoms with Crippen molar-refractivity contribution in [1.82, 2.24) is 10.3 Å². The van der Waals surface area contributed by atoms with Crippen LogP contribution in [-0.4, -0.2) is 29.9 Å². The third-order valence-corrected chi connectivity index (χ3v) is 5.49. The fourth-order valence-corrected chi connectivity index (χ4v) is 3.66. The molecule has 3 aromatic rings. The van der Waals surface area contributed by atoms with Crippen LogP contribution in [0.5, 0.6) is 5.75 Å². The first kappa shape index (κ1) is 22.4. The number of aromatic nitrogens is 1. The number of nitrogens with zero attached hydrogens (tertiary/aromatic N) is 1. The van der Waals surface area contributed by atoms with E-state index in [0.29, 0.717) is 22.0 Å².